The van der Waals surface area contributed by atoms with Gasteiger partial charge in [-0.1, -0.05) is 0 Å². The van der Waals surface area contributed by atoms with Crippen molar-refractivity contribution >= 4 is 5.78 Å². The molecule has 0 amide bonds. The molecule has 0 radical (unpaired) electrons. The fourth-order valence-electron chi connectivity index (χ4n) is 2.58. The zero-order valence-corrected chi connectivity index (χ0v) is 9.53. The van der Waals surface area contributed by atoms with Crippen LogP contribution in [-0.4, -0.2) is 36.5 Å². The molecule has 3 heteroatoms. The first-order valence-corrected chi connectivity index (χ1v) is 5.73. The highest BCUT2D eigenvalue weighted by atomic mass is 16.5. The monoisotopic (exact) mass is 209 g/mol. The highest BCUT2D eigenvalue weighted by Crippen LogP contribution is 2.28. The van der Waals surface area contributed by atoms with E-state index in [1.165, 1.54) is 5.70 Å². The van der Waals surface area contributed by atoms with Crippen molar-refractivity contribution in [1.82, 2.24) is 4.90 Å². The van der Waals surface area contributed by atoms with Gasteiger partial charge in [-0.15, -0.1) is 0 Å². The lowest BCUT2D eigenvalue weighted by molar-refractivity contribution is -0.114. The Bertz CT molecular complexity index is 285. The Hall–Kier alpha value is -0.830. The molecule has 15 heavy (non-hydrogen) atoms. The molecule has 0 aromatic carbocycles. The number of nitrogens with zero attached hydrogens (tertiary/aromatic N) is 1. The summed E-state index contributed by atoms with van der Waals surface area (Å²) in [6.07, 6.45) is 6.00. The molecule has 1 aliphatic carbocycles. The largest absolute Gasteiger partial charge is 0.381 e. The van der Waals surface area contributed by atoms with Crippen LogP contribution in [0.5, 0.6) is 0 Å². The van der Waals surface area contributed by atoms with Gasteiger partial charge in [0.1, 0.15) is 0 Å². The number of rotatable bonds is 2. The third-order valence-electron chi connectivity index (χ3n) is 3.49. The molecule has 2 unspecified atom stereocenters. The van der Waals surface area contributed by atoms with Gasteiger partial charge in [0, 0.05) is 37.9 Å². The van der Waals surface area contributed by atoms with Gasteiger partial charge in [-0.05, 0) is 26.2 Å². The van der Waals surface area contributed by atoms with E-state index in [2.05, 4.69) is 11.8 Å². The van der Waals surface area contributed by atoms with Crippen molar-refractivity contribution in [2.24, 2.45) is 0 Å². The molecule has 0 aromatic rings. The van der Waals surface area contributed by atoms with Gasteiger partial charge in [0.2, 0.25) is 0 Å². The van der Waals surface area contributed by atoms with Gasteiger partial charge in [-0.25, -0.2) is 0 Å². The zero-order valence-electron chi connectivity index (χ0n) is 9.53. The quantitative estimate of drug-likeness (QED) is 0.693. The summed E-state index contributed by atoms with van der Waals surface area (Å²) in [5.74, 6) is 0.283. The number of ether oxygens (including phenoxy) is 1. The summed E-state index contributed by atoms with van der Waals surface area (Å²) in [6.45, 7) is 3.24. The maximum atomic E-state index is 11.2. The van der Waals surface area contributed by atoms with Gasteiger partial charge in [0.05, 0.1) is 6.10 Å². The Balaban J connectivity index is 2.00. The SMILES string of the molecule is COC1CCN(C2=CC(=O)CC2)C(C)C1. The van der Waals surface area contributed by atoms with Crippen molar-refractivity contribution in [1.29, 1.82) is 0 Å². The number of ketones is 1. The molecule has 1 aliphatic heterocycles. The normalized spacial score (nSPS) is 32.0. The van der Waals surface area contributed by atoms with Crippen LogP contribution in [0.2, 0.25) is 0 Å². The van der Waals surface area contributed by atoms with Crippen LogP contribution in [-0.2, 0) is 9.53 Å². The zero-order chi connectivity index (χ0) is 10.8. The predicted octanol–water partition coefficient (Wildman–Crippen LogP) is 1.73. The van der Waals surface area contributed by atoms with Gasteiger partial charge in [-0.2, -0.15) is 0 Å². The van der Waals surface area contributed by atoms with Crippen molar-refractivity contribution in [2.45, 2.75) is 44.8 Å². The first kappa shape index (κ1) is 10.7. The highest BCUT2D eigenvalue weighted by molar-refractivity contribution is 5.92. The molecule has 1 saturated heterocycles. The van der Waals surface area contributed by atoms with E-state index >= 15 is 0 Å². The van der Waals surface area contributed by atoms with Crippen LogP contribution >= 0.6 is 0 Å². The number of hydrogen-bond acceptors (Lipinski definition) is 3. The van der Waals surface area contributed by atoms with Crippen LogP contribution in [0, 0.1) is 0 Å². The highest BCUT2D eigenvalue weighted by Gasteiger charge is 2.28. The average Bonchev–Trinajstić information content (AvgIpc) is 2.64. The molecule has 0 spiro atoms. The van der Waals surface area contributed by atoms with Crippen molar-refractivity contribution in [3.63, 3.8) is 0 Å². The molecule has 0 saturated carbocycles. The van der Waals surface area contributed by atoms with Crippen LogP contribution in [0.25, 0.3) is 0 Å². The maximum absolute atomic E-state index is 11.2. The minimum atomic E-state index is 0.283. The summed E-state index contributed by atoms with van der Waals surface area (Å²) < 4.78 is 5.38. The molecule has 1 fully saturated rings. The molecule has 0 aromatic heterocycles. The van der Waals surface area contributed by atoms with E-state index in [-0.39, 0.29) is 5.78 Å². The van der Waals surface area contributed by atoms with Crippen LogP contribution < -0.4 is 0 Å². The Kier molecular flexibility index (Phi) is 3.10. The second-order valence-corrected chi connectivity index (χ2v) is 4.53. The maximum Gasteiger partial charge on any atom is 0.157 e. The van der Waals surface area contributed by atoms with E-state index in [1.54, 1.807) is 7.11 Å². The third kappa shape index (κ3) is 2.23. The summed E-state index contributed by atoms with van der Waals surface area (Å²) in [7, 11) is 1.78. The lowest BCUT2D eigenvalue weighted by Crippen LogP contribution is -2.42. The topological polar surface area (TPSA) is 29.5 Å². The van der Waals surface area contributed by atoms with E-state index in [1.807, 2.05) is 6.08 Å². The molecule has 1 heterocycles. The van der Waals surface area contributed by atoms with Crippen molar-refractivity contribution in [3.05, 3.63) is 11.8 Å². The minimum Gasteiger partial charge on any atom is -0.381 e. The Morgan fingerprint density at radius 3 is 2.80 bits per heavy atom. The van der Waals surface area contributed by atoms with Crippen LogP contribution in [0.1, 0.15) is 32.6 Å². The van der Waals surface area contributed by atoms with Gasteiger partial charge in [0.15, 0.2) is 5.78 Å². The predicted molar refractivity (Wildman–Crippen MR) is 58.5 cm³/mol. The second kappa shape index (κ2) is 4.35. The summed E-state index contributed by atoms with van der Waals surface area (Å²) in [5.41, 5.74) is 1.24. The second-order valence-electron chi connectivity index (χ2n) is 4.53. The summed E-state index contributed by atoms with van der Waals surface area (Å²) >= 11 is 0. The molecular formula is C12H19NO2. The Morgan fingerprint density at radius 2 is 2.27 bits per heavy atom. The van der Waals surface area contributed by atoms with Crippen molar-refractivity contribution in [3.8, 4) is 0 Å². The molecule has 3 nitrogen and oxygen atoms in total. The molecule has 2 atom stereocenters. The lowest BCUT2D eigenvalue weighted by atomic mass is 10.00. The van der Waals surface area contributed by atoms with Gasteiger partial charge in [-0.3, -0.25) is 4.79 Å². The minimum absolute atomic E-state index is 0.283. The summed E-state index contributed by atoms with van der Waals surface area (Å²) in [5, 5.41) is 0. The van der Waals surface area contributed by atoms with E-state index < -0.39 is 0 Å². The van der Waals surface area contributed by atoms with Gasteiger partial charge in [0.25, 0.3) is 0 Å². The van der Waals surface area contributed by atoms with E-state index in [0.29, 0.717) is 18.6 Å². The first-order chi connectivity index (χ1) is 7.20. The van der Waals surface area contributed by atoms with Crippen LogP contribution in [0.4, 0.5) is 0 Å². The number of likely N-dealkylation sites (tertiary alicyclic amines) is 1. The Labute approximate surface area is 91.1 Å². The number of methoxy groups -OCH3 is 1. The number of hydrogen-bond donors (Lipinski definition) is 0. The standard InChI is InChI=1S/C12H19NO2/c1-9-7-12(15-2)5-6-13(9)10-3-4-11(14)8-10/h8-9,12H,3-7H2,1-2H3. The number of allylic oxidation sites excluding steroid dienone is 2. The van der Waals surface area contributed by atoms with Gasteiger partial charge < -0.3 is 9.64 Å². The third-order valence-corrected chi connectivity index (χ3v) is 3.49. The average molecular weight is 209 g/mol. The van der Waals surface area contributed by atoms with E-state index in [4.69, 9.17) is 4.74 Å². The summed E-state index contributed by atoms with van der Waals surface area (Å²) in [4.78, 5) is 13.6. The first-order valence-electron chi connectivity index (χ1n) is 5.73. The van der Waals surface area contributed by atoms with Crippen molar-refractivity contribution in [2.75, 3.05) is 13.7 Å². The number of carbonyl (C=O) groups is 1. The van der Waals surface area contributed by atoms with Gasteiger partial charge >= 0.3 is 0 Å². The summed E-state index contributed by atoms with van der Waals surface area (Å²) in [6, 6.07) is 0.501. The van der Waals surface area contributed by atoms with E-state index in [0.717, 1.165) is 25.8 Å². The fourth-order valence-corrected chi connectivity index (χ4v) is 2.58. The molecule has 0 bridgehead atoms. The van der Waals surface area contributed by atoms with E-state index in [9.17, 15) is 4.79 Å². The number of piperidine rings is 1. The molecular weight excluding hydrogens is 190 g/mol. The lowest BCUT2D eigenvalue weighted by Gasteiger charge is -2.39. The fraction of sp³-hybridized carbons (Fsp3) is 0.750. The van der Waals surface area contributed by atoms with Crippen LogP contribution in [0.15, 0.2) is 11.8 Å². The molecule has 2 rings (SSSR count). The molecule has 0 N–H and O–H groups in total. The smallest absolute Gasteiger partial charge is 0.157 e. The molecule has 84 valence electrons. The molecule has 2 aliphatic rings. The number of carbonyl (C=O) groups excluding carboxylic acids is 1. The Morgan fingerprint density at radius 1 is 1.47 bits per heavy atom. The van der Waals surface area contributed by atoms with Crippen LogP contribution in [0.3, 0.4) is 0 Å². The van der Waals surface area contributed by atoms with Crippen molar-refractivity contribution < 1.29 is 9.53 Å².